The van der Waals surface area contributed by atoms with Crippen LogP contribution in [-0.2, 0) is 6.54 Å². The Bertz CT molecular complexity index is 679. The van der Waals surface area contributed by atoms with E-state index in [4.69, 9.17) is 14.3 Å². The van der Waals surface area contributed by atoms with Gasteiger partial charge in [-0.2, -0.15) is 0 Å². The Hall–Kier alpha value is -3.03. The van der Waals surface area contributed by atoms with Crippen LogP contribution in [0, 0.1) is 10.1 Å². The molecule has 110 valence electrons. The molecule has 1 aromatic carbocycles. The molecule has 0 aliphatic rings. The maximum atomic E-state index is 10.9. The topological polar surface area (TPSA) is 115 Å². The Morgan fingerprint density at radius 2 is 2.19 bits per heavy atom. The molecule has 21 heavy (non-hydrogen) atoms. The van der Waals surface area contributed by atoms with Crippen LogP contribution in [0.5, 0.6) is 5.75 Å². The number of carboxylic acids is 1. The van der Waals surface area contributed by atoms with Gasteiger partial charge >= 0.3 is 5.97 Å². The summed E-state index contributed by atoms with van der Waals surface area (Å²) >= 11 is 0. The summed E-state index contributed by atoms with van der Waals surface area (Å²) in [5, 5.41) is 22.5. The molecule has 0 fully saturated rings. The summed E-state index contributed by atoms with van der Waals surface area (Å²) in [6.07, 6.45) is 0. The number of hydrogen-bond donors (Lipinski definition) is 2. The minimum Gasteiger partial charge on any atom is -0.497 e. The zero-order chi connectivity index (χ0) is 15.4. The number of carbonyl (C=O) groups is 1. The van der Waals surface area contributed by atoms with Crippen molar-refractivity contribution in [3.63, 3.8) is 0 Å². The van der Waals surface area contributed by atoms with Crippen molar-refractivity contribution in [1.82, 2.24) is 0 Å². The minimum absolute atomic E-state index is 0.110. The van der Waals surface area contributed by atoms with Crippen LogP contribution < -0.4 is 10.1 Å². The maximum absolute atomic E-state index is 10.9. The summed E-state index contributed by atoms with van der Waals surface area (Å²) in [4.78, 5) is 21.1. The van der Waals surface area contributed by atoms with Gasteiger partial charge in [0.15, 0.2) is 0 Å². The van der Waals surface area contributed by atoms with Gasteiger partial charge < -0.3 is 19.6 Å². The molecular weight excluding hydrogens is 280 g/mol. The number of nitro groups is 1. The van der Waals surface area contributed by atoms with Crippen molar-refractivity contribution in [3.8, 4) is 5.75 Å². The average Bonchev–Trinajstić information content (AvgIpc) is 2.93. The van der Waals surface area contributed by atoms with Crippen LogP contribution in [0.15, 0.2) is 34.7 Å². The van der Waals surface area contributed by atoms with Gasteiger partial charge in [-0.1, -0.05) is 0 Å². The van der Waals surface area contributed by atoms with Gasteiger partial charge in [0, 0.05) is 12.1 Å². The predicted octanol–water partition coefficient (Wildman–Crippen LogP) is 2.51. The molecular formula is C13H12N2O6. The summed E-state index contributed by atoms with van der Waals surface area (Å²) in [7, 11) is 1.45. The van der Waals surface area contributed by atoms with Gasteiger partial charge in [-0.3, -0.25) is 10.1 Å². The zero-order valence-electron chi connectivity index (χ0n) is 11.0. The normalized spacial score (nSPS) is 10.1. The fraction of sp³-hybridized carbons (Fsp3) is 0.154. The number of aromatic carboxylic acids is 1. The molecule has 8 nitrogen and oxygen atoms in total. The summed E-state index contributed by atoms with van der Waals surface area (Å²) in [5.74, 6) is -0.543. The Kier molecular flexibility index (Phi) is 4.07. The molecule has 0 aliphatic carbocycles. The number of anilines is 1. The highest BCUT2D eigenvalue weighted by Gasteiger charge is 2.15. The van der Waals surface area contributed by atoms with Crippen LogP contribution in [0.2, 0.25) is 0 Å². The molecule has 0 radical (unpaired) electrons. The van der Waals surface area contributed by atoms with Crippen LogP contribution in [-0.4, -0.2) is 23.1 Å². The fourth-order valence-electron chi connectivity index (χ4n) is 1.71. The van der Waals surface area contributed by atoms with Crippen molar-refractivity contribution >= 4 is 17.3 Å². The number of nitrogens with zero attached hydrogens (tertiary/aromatic N) is 1. The van der Waals surface area contributed by atoms with Crippen LogP contribution in [0.3, 0.4) is 0 Å². The highest BCUT2D eigenvalue weighted by molar-refractivity contribution is 5.84. The molecule has 0 spiro atoms. The first-order valence-corrected chi connectivity index (χ1v) is 5.89. The number of methoxy groups -OCH3 is 1. The number of nitro benzene ring substituents is 1. The number of carboxylic acid groups (broad SMARTS) is 1. The van der Waals surface area contributed by atoms with E-state index in [2.05, 4.69) is 5.32 Å². The second-order valence-corrected chi connectivity index (χ2v) is 4.06. The van der Waals surface area contributed by atoms with Crippen molar-refractivity contribution < 1.29 is 24.0 Å². The highest BCUT2D eigenvalue weighted by Crippen LogP contribution is 2.29. The monoisotopic (exact) mass is 292 g/mol. The van der Waals surface area contributed by atoms with E-state index in [0.717, 1.165) is 0 Å². The second-order valence-electron chi connectivity index (χ2n) is 4.06. The van der Waals surface area contributed by atoms with E-state index in [1.165, 1.54) is 37.4 Å². The molecule has 0 bridgehead atoms. The molecule has 0 atom stereocenters. The lowest BCUT2D eigenvalue weighted by atomic mass is 10.2. The third-order valence-electron chi connectivity index (χ3n) is 2.73. The van der Waals surface area contributed by atoms with Crippen molar-refractivity contribution in [3.05, 3.63) is 52.0 Å². The molecule has 8 heteroatoms. The first kappa shape index (κ1) is 14.4. The van der Waals surface area contributed by atoms with Gasteiger partial charge in [-0.05, 0) is 18.2 Å². The van der Waals surface area contributed by atoms with E-state index in [-0.39, 0.29) is 23.7 Å². The summed E-state index contributed by atoms with van der Waals surface area (Å²) in [6.45, 7) is 0.112. The minimum atomic E-state index is -1.17. The number of furan rings is 1. The molecule has 2 aromatic rings. The number of ether oxygens (including phenoxy) is 1. The third-order valence-corrected chi connectivity index (χ3v) is 2.73. The number of benzene rings is 1. The van der Waals surface area contributed by atoms with Gasteiger partial charge in [0.1, 0.15) is 17.2 Å². The Balaban J connectivity index is 2.17. The number of nitrogens with one attached hydrogen (secondary N) is 1. The predicted molar refractivity (Wildman–Crippen MR) is 72.6 cm³/mol. The first-order chi connectivity index (χ1) is 10.0. The first-order valence-electron chi connectivity index (χ1n) is 5.89. The molecule has 0 unspecified atom stereocenters. The van der Waals surface area contributed by atoms with Crippen LogP contribution >= 0.6 is 0 Å². The lowest BCUT2D eigenvalue weighted by molar-refractivity contribution is -0.384. The summed E-state index contributed by atoms with van der Waals surface area (Å²) in [6, 6.07) is 7.10. The van der Waals surface area contributed by atoms with E-state index >= 15 is 0 Å². The van der Waals surface area contributed by atoms with Gasteiger partial charge in [0.2, 0.25) is 5.76 Å². The molecule has 0 aliphatic heterocycles. The number of hydrogen-bond acceptors (Lipinski definition) is 6. The smallest absolute Gasteiger partial charge is 0.371 e. The summed E-state index contributed by atoms with van der Waals surface area (Å²) in [5.41, 5.74) is 0.147. The third kappa shape index (κ3) is 3.30. The lowest BCUT2D eigenvalue weighted by Gasteiger charge is -2.07. The molecule has 1 heterocycles. The van der Waals surface area contributed by atoms with Crippen molar-refractivity contribution in [2.75, 3.05) is 12.4 Å². The molecule has 2 N–H and O–H groups in total. The fourth-order valence-corrected chi connectivity index (χ4v) is 1.71. The standard InChI is InChI=1S/C13H12N2O6/c1-20-8-2-4-11(15(18)19)10(6-8)14-7-9-3-5-12(21-9)13(16)17/h2-6,14H,7H2,1H3,(H,16,17). The second kappa shape index (κ2) is 5.95. The van der Waals surface area contributed by atoms with Crippen LogP contribution in [0.25, 0.3) is 0 Å². The van der Waals surface area contributed by atoms with Crippen molar-refractivity contribution in [2.24, 2.45) is 0 Å². The van der Waals surface area contributed by atoms with E-state index in [9.17, 15) is 14.9 Å². The SMILES string of the molecule is COc1ccc([N+](=O)[O-])c(NCc2ccc(C(=O)O)o2)c1. The van der Waals surface area contributed by atoms with Gasteiger partial charge in [-0.25, -0.2) is 4.79 Å². The molecule has 2 rings (SSSR count). The van der Waals surface area contributed by atoms with Gasteiger partial charge in [0.05, 0.1) is 18.6 Å². The van der Waals surface area contributed by atoms with Gasteiger partial charge in [-0.15, -0.1) is 0 Å². The largest absolute Gasteiger partial charge is 0.497 e. The maximum Gasteiger partial charge on any atom is 0.371 e. The van der Waals surface area contributed by atoms with E-state index in [0.29, 0.717) is 11.5 Å². The molecule has 0 saturated carbocycles. The highest BCUT2D eigenvalue weighted by atomic mass is 16.6. The van der Waals surface area contributed by atoms with E-state index < -0.39 is 10.9 Å². The summed E-state index contributed by atoms with van der Waals surface area (Å²) < 4.78 is 10.1. The van der Waals surface area contributed by atoms with E-state index in [1.807, 2.05) is 0 Å². The Labute approximate surface area is 119 Å². The van der Waals surface area contributed by atoms with Crippen molar-refractivity contribution in [1.29, 1.82) is 0 Å². The van der Waals surface area contributed by atoms with Crippen LogP contribution in [0.1, 0.15) is 16.3 Å². The zero-order valence-corrected chi connectivity index (χ0v) is 11.0. The molecule has 0 amide bonds. The average molecular weight is 292 g/mol. The molecule has 1 aromatic heterocycles. The Morgan fingerprint density at radius 3 is 2.76 bits per heavy atom. The quantitative estimate of drug-likeness (QED) is 0.620. The number of rotatable bonds is 6. The van der Waals surface area contributed by atoms with Gasteiger partial charge in [0.25, 0.3) is 5.69 Å². The van der Waals surface area contributed by atoms with E-state index in [1.54, 1.807) is 0 Å². The Morgan fingerprint density at radius 1 is 1.43 bits per heavy atom. The van der Waals surface area contributed by atoms with Crippen molar-refractivity contribution in [2.45, 2.75) is 6.54 Å². The lowest BCUT2D eigenvalue weighted by Crippen LogP contribution is -2.02. The molecule has 0 saturated heterocycles. The van der Waals surface area contributed by atoms with Crippen LogP contribution in [0.4, 0.5) is 11.4 Å².